The molecule has 5 nitrogen and oxygen atoms in total. The molecular weight excluding hydrogens is 204 g/mol. The van der Waals surface area contributed by atoms with Gasteiger partial charge in [-0.3, -0.25) is 9.78 Å². The van der Waals surface area contributed by atoms with Gasteiger partial charge < -0.3 is 5.11 Å². The molecule has 1 atom stereocenters. The fourth-order valence-electron chi connectivity index (χ4n) is 1.30. The molecule has 2 aromatic rings. The normalized spacial score (nSPS) is 13.1. The van der Waals surface area contributed by atoms with E-state index in [0.29, 0.717) is 16.3 Å². The molecule has 6 heteroatoms. The highest BCUT2D eigenvalue weighted by Gasteiger charge is 2.18. The van der Waals surface area contributed by atoms with E-state index >= 15 is 0 Å². The van der Waals surface area contributed by atoms with Gasteiger partial charge >= 0.3 is 0 Å². The Morgan fingerprint density at radius 3 is 2.86 bits per heavy atom. The zero-order chi connectivity index (χ0) is 10.1. The molecule has 0 saturated carbocycles. The van der Waals surface area contributed by atoms with E-state index in [-0.39, 0.29) is 0 Å². The molecule has 2 rings (SSSR count). The third-order valence-corrected chi connectivity index (χ3v) is 2.32. The Labute approximate surface area is 85.3 Å². The molecule has 0 aromatic carbocycles. The maximum absolute atomic E-state index is 9.93. The lowest BCUT2D eigenvalue weighted by atomic mass is 10.1. The second-order valence-corrected chi connectivity index (χ2v) is 3.34. The Hall–Kier alpha value is -1.33. The van der Waals surface area contributed by atoms with Gasteiger partial charge in [0.25, 0.3) is 0 Å². The highest BCUT2D eigenvalue weighted by atomic mass is 35.5. The number of hydrogen-bond acceptors (Lipinski definition) is 3. The van der Waals surface area contributed by atoms with Crippen LogP contribution in [0.5, 0.6) is 0 Å². The largest absolute Gasteiger partial charge is 0.382 e. The zero-order valence-corrected chi connectivity index (χ0v) is 8.23. The molecule has 2 aromatic heterocycles. The summed E-state index contributed by atoms with van der Waals surface area (Å²) < 4.78 is 1.54. The lowest BCUT2D eigenvalue weighted by Crippen LogP contribution is -2.06. The van der Waals surface area contributed by atoms with Crippen LogP contribution in [-0.4, -0.2) is 25.1 Å². The SMILES string of the molecule is Cn1ncc(Cl)c1C(O)c1cn[nH]c1. The van der Waals surface area contributed by atoms with E-state index in [0.717, 1.165) is 0 Å². The third kappa shape index (κ3) is 1.40. The average Bonchev–Trinajstić information content (AvgIpc) is 2.75. The second-order valence-electron chi connectivity index (χ2n) is 2.94. The predicted octanol–water partition coefficient (Wildman–Crippen LogP) is 0.878. The first-order valence-corrected chi connectivity index (χ1v) is 4.42. The summed E-state index contributed by atoms with van der Waals surface area (Å²) in [5.41, 5.74) is 1.23. The van der Waals surface area contributed by atoms with Gasteiger partial charge in [0.2, 0.25) is 0 Å². The number of aliphatic hydroxyl groups is 1. The molecule has 0 amide bonds. The summed E-state index contributed by atoms with van der Waals surface area (Å²) in [4.78, 5) is 0. The van der Waals surface area contributed by atoms with Crippen molar-refractivity contribution in [2.45, 2.75) is 6.10 Å². The van der Waals surface area contributed by atoms with Crippen LogP contribution in [0.15, 0.2) is 18.6 Å². The van der Waals surface area contributed by atoms with Crippen molar-refractivity contribution in [3.8, 4) is 0 Å². The fourth-order valence-corrected chi connectivity index (χ4v) is 1.57. The van der Waals surface area contributed by atoms with Crippen molar-refractivity contribution in [1.29, 1.82) is 0 Å². The topological polar surface area (TPSA) is 66.7 Å². The highest BCUT2D eigenvalue weighted by molar-refractivity contribution is 6.31. The molecule has 74 valence electrons. The van der Waals surface area contributed by atoms with Crippen LogP contribution in [0.2, 0.25) is 5.02 Å². The first kappa shape index (κ1) is 9.23. The molecule has 0 fully saturated rings. The molecule has 2 N–H and O–H groups in total. The first-order valence-electron chi connectivity index (χ1n) is 4.04. The summed E-state index contributed by atoms with van der Waals surface area (Å²) in [6, 6.07) is 0. The number of rotatable bonds is 2. The number of nitrogens with zero attached hydrogens (tertiary/aromatic N) is 3. The van der Waals surface area contributed by atoms with Crippen molar-refractivity contribution in [2.75, 3.05) is 0 Å². The maximum atomic E-state index is 9.93. The van der Waals surface area contributed by atoms with E-state index in [4.69, 9.17) is 11.6 Å². The van der Waals surface area contributed by atoms with Gasteiger partial charge in [-0.2, -0.15) is 10.2 Å². The molecule has 0 aliphatic carbocycles. The number of aryl methyl sites for hydroxylation is 1. The van der Waals surface area contributed by atoms with E-state index < -0.39 is 6.10 Å². The van der Waals surface area contributed by atoms with Crippen LogP contribution in [-0.2, 0) is 7.05 Å². The first-order chi connectivity index (χ1) is 6.70. The van der Waals surface area contributed by atoms with Crippen molar-refractivity contribution in [1.82, 2.24) is 20.0 Å². The summed E-state index contributed by atoms with van der Waals surface area (Å²) in [5.74, 6) is 0. The Balaban J connectivity index is 2.41. The summed E-state index contributed by atoms with van der Waals surface area (Å²) >= 11 is 5.88. The van der Waals surface area contributed by atoms with Gasteiger partial charge in [-0.15, -0.1) is 0 Å². The van der Waals surface area contributed by atoms with Crippen LogP contribution in [0.4, 0.5) is 0 Å². The molecule has 0 spiro atoms. The van der Waals surface area contributed by atoms with Gasteiger partial charge in [-0.05, 0) is 0 Å². The Morgan fingerprint density at radius 1 is 1.57 bits per heavy atom. The fraction of sp³-hybridized carbons (Fsp3) is 0.250. The van der Waals surface area contributed by atoms with Crippen LogP contribution >= 0.6 is 11.6 Å². The number of nitrogens with one attached hydrogen (secondary N) is 1. The maximum Gasteiger partial charge on any atom is 0.125 e. The van der Waals surface area contributed by atoms with E-state index in [1.807, 2.05) is 0 Å². The number of halogens is 1. The number of aromatic nitrogens is 4. The highest BCUT2D eigenvalue weighted by Crippen LogP contribution is 2.26. The standard InChI is InChI=1S/C8H9ClN4O/c1-13-7(6(9)4-12-13)8(14)5-2-10-11-3-5/h2-4,8,14H,1H3,(H,10,11). The number of H-pyrrole nitrogens is 1. The minimum Gasteiger partial charge on any atom is -0.382 e. The summed E-state index contributed by atoms with van der Waals surface area (Å²) in [5, 5.41) is 20.7. The Morgan fingerprint density at radius 2 is 2.36 bits per heavy atom. The predicted molar refractivity (Wildman–Crippen MR) is 50.9 cm³/mol. The van der Waals surface area contributed by atoms with E-state index in [1.54, 1.807) is 24.1 Å². The van der Waals surface area contributed by atoms with Crippen molar-refractivity contribution in [3.05, 3.63) is 34.9 Å². The van der Waals surface area contributed by atoms with Crippen molar-refractivity contribution >= 4 is 11.6 Å². The summed E-state index contributed by atoms with van der Waals surface area (Å²) in [6.45, 7) is 0. The van der Waals surface area contributed by atoms with Gasteiger partial charge in [0.1, 0.15) is 6.10 Å². The Bertz CT molecular complexity index is 403. The minimum absolute atomic E-state index is 0.446. The van der Waals surface area contributed by atoms with Gasteiger partial charge in [-0.1, -0.05) is 11.6 Å². The van der Waals surface area contributed by atoms with Crippen LogP contribution in [0, 0.1) is 0 Å². The smallest absolute Gasteiger partial charge is 0.125 e. The van der Waals surface area contributed by atoms with Gasteiger partial charge in [0.05, 0.1) is 23.1 Å². The molecule has 2 heterocycles. The molecular formula is C8H9ClN4O. The summed E-state index contributed by atoms with van der Waals surface area (Å²) in [6.07, 6.45) is 3.87. The van der Waals surface area contributed by atoms with Crippen LogP contribution in [0.1, 0.15) is 17.4 Å². The van der Waals surface area contributed by atoms with Crippen LogP contribution < -0.4 is 0 Å². The monoisotopic (exact) mass is 212 g/mol. The van der Waals surface area contributed by atoms with Crippen molar-refractivity contribution in [3.63, 3.8) is 0 Å². The molecule has 14 heavy (non-hydrogen) atoms. The van der Waals surface area contributed by atoms with Gasteiger partial charge in [-0.25, -0.2) is 0 Å². The molecule has 0 saturated heterocycles. The summed E-state index contributed by atoms with van der Waals surface area (Å²) in [7, 11) is 1.73. The van der Waals surface area contributed by atoms with E-state index in [2.05, 4.69) is 15.3 Å². The number of hydrogen-bond donors (Lipinski definition) is 2. The zero-order valence-electron chi connectivity index (χ0n) is 7.48. The molecule has 0 bridgehead atoms. The average molecular weight is 213 g/mol. The molecule has 0 aliphatic heterocycles. The third-order valence-electron chi connectivity index (χ3n) is 2.03. The van der Waals surface area contributed by atoms with Crippen molar-refractivity contribution < 1.29 is 5.11 Å². The number of aromatic amines is 1. The molecule has 1 unspecified atom stereocenters. The van der Waals surface area contributed by atoms with Crippen LogP contribution in [0.3, 0.4) is 0 Å². The molecule has 0 aliphatic rings. The van der Waals surface area contributed by atoms with E-state index in [9.17, 15) is 5.11 Å². The second kappa shape index (κ2) is 3.43. The number of aliphatic hydroxyl groups excluding tert-OH is 1. The molecule has 0 radical (unpaired) electrons. The van der Waals surface area contributed by atoms with Gasteiger partial charge in [0.15, 0.2) is 0 Å². The lowest BCUT2D eigenvalue weighted by Gasteiger charge is -2.08. The lowest BCUT2D eigenvalue weighted by molar-refractivity contribution is 0.210. The van der Waals surface area contributed by atoms with Crippen LogP contribution in [0.25, 0.3) is 0 Å². The van der Waals surface area contributed by atoms with E-state index in [1.165, 1.54) is 6.20 Å². The minimum atomic E-state index is -0.797. The van der Waals surface area contributed by atoms with Gasteiger partial charge in [0, 0.05) is 18.8 Å². The Kier molecular flexibility index (Phi) is 2.26. The quantitative estimate of drug-likeness (QED) is 0.777. The van der Waals surface area contributed by atoms with Crippen molar-refractivity contribution in [2.24, 2.45) is 7.05 Å².